The Bertz CT molecular complexity index is 606. The Balaban J connectivity index is 1.68. The van der Waals surface area contributed by atoms with E-state index in [2.05, 4.69) is 50.4 Å². The fraction of sp³-hybridized carbons (Fsp3) is 0.667. The van der Waals surface area contributed by atoms with Crippen molar-refractivity contribution in [2.45, 2.75) is 69.2 Å². The topological polar surface area (TPSA) is 64.4 Å². The fourth-order valence-corrected chi connectivity index (χ4v) is 3.88. The number of carbonyl (C=O) groups excluding carboxylic acids is 1. The maximum absolute atomic E-state index is 12.6. The van der Waals surface area contributed by atoms with Gasteiger partial charge in [0.2, 0.25) is 5.91 Å². The second kappa shape index (κ2) is 6.73. The second-order valence-electron chi connectivity index (χ2n) is 8.91. The Morgan fingerprint density at radius 2 is 1.72 bits per heavy atom. The molecule has 1 aliphatic carbocycles. The fourth-order valence-electron chi connectivity index (χ4n) is 3.88. The highest BCUT2D eigenvalue weighted by Gasteiger charge is 2.41. The smallest absolute Gasteiger partial charge is 0.240 e. The van der Waals surface area contributed by atoms with Gasteiger partial charge in [-0.05, 0) is 42.2 Å². The number of ether oxygens (including phenoxy) is 1. The third-order valence-electron chi connectivity index (χ3n) is 6.10. The van der Waals surface area contributed by atoms with Gasteiger partial charge in [-0.15, -0.1) is 0 Å². The first-order chi connectivity index (χ1) is 11.8. The first kappa shape index (κ1) is 18.4. The van der Waals surface area contributed by atoms with Gasteiger partial charge in [0.1, 0.15) is 0 Å². The molecule has 0 aromatic heterocycles. The van der Waals surface area contributed by atoms with Crippen molar-refractivity contribution in [3.8, 4) is 0 Å². The number of nitrogens with one attached hydrogen (secondary N) is 1. The molecule has 0 atom stereocenters. The van der Waals surface area contributed by atoms with E-state index in [1.54, 1.807) is 0 Å². The van der Waals surface area contributed by atoms with E-state index in [0.717, 1.165) is 12.8 Å². The van der Waals surface area contributed by atoms with Gasteiger partial charge in [0.15, 0.2) is 0 Å². The number of rotatable bonds is 4. The number of hydrogen-bond acceptors (Lipinski definition) is 3. The molecule has 0 radical (unpaired) electrons. The summed E-state index contributed by atoms with van der Waals surface area (Å²) in [4.78, 5) is 12.6. The summed E-state index contributed by atoms with van der Waals surface area (Å²) >= 11 is 0. The minimum absolute atomic E-state index is 0.0200. The summed E-state index contributed by atoms with van der Waals surface area (Å²) in [5, 5.41) is 3.16. The quantitative estimate of drug-likeness (QED) is 0.882. The van der Waals surface area contributed by atoms with E-state index in [4.69, 9.17) is 10.5 Å². The van der Waals surface area contributed by atoms with Crippen LogP contribution in [-0.2, 0) is 20.4 Å². The number of amides is 1. The van der Waals surface area contributed by atoms with E-state index in [0.29, 0.717) is 32.6 Å². The normalized spacial score (nSPS) is 22.1. The van der Waals surface area contributed by atoms with Crippen molar-refractivity contribution in [3.05, 3.63) is 35.4 Å². The van der Waals surface area contributed by atoms with Gasteiger partial charge in [-0.2, -0.15) is 0 Å². The number of nitrogens with two attached hydrogens (primary N) is 1. The van der Waals surface area contributed by atoms with E-state index in [9.17, 15) is 4.79 Å². The SMILES string of the molecule is CC(C)(C)c1ccc(C2(CNC(=O)C3(N)CCOCC3)CCC2)cc1. The minimum atomic E-state index is -0.765. The van der Waals surface area contributed by atoms with Crippen LogP contribution < -0.4 is 11.1 Å². The van der Waals surface area contributed by atoms with Crippen molar-refractivity contribution >= 4 is 5.91 Å². The minimum Gasteiger partial charge on any atom is -0.381 e. The number of carbonyl (C=O) groups is 1. The highest BCUT2D eigenvalue weighted by molar-refractivity contribution is 5.86. The van der Waals surface area contributed by atoms with E-state index >= 15 is 0 Å². The molecule has 1 aromatic carbocycles. The summed E-state index contributed by atoms with van der Waals surface area (Å²) in [5.74, 6) is -0.0200. The Labute approximate surface area is 151 Å². The molecule has 1 aliphatic heterocycles. The molecule has 1 amide bonds. The summed E-state index contributed by atoms with van der Waals surface area (Å²) in [6.07, 6.45) is 4.68. The average molecular weight is 344 g/mol. The Morgan fingerprint density at radius 1 is 1.12 bits per heavy atom. The highest BCUT2D eigenvalue weighted by Crippen LogP contribution is 2.43. The van der Waals surface area contributed by atoms with Crippen LogP contribution in [-0.4, -0.2) is 31.2 Å². The molecule has 3 rings (SSSR count). The van der Waals surface area contributed by atoms with Crippen LogP contribution in [0.5, 0.6) is 0 Å². The van der Waals surface area contributed by atoms with Crippen molar-refractivity contribution in [1.29, 1.82) is 0 Å². The summed E-state index contributed by atoms with van der Waals surface area (Å²) < 4.78 is 5.34. The Hall–Kier alpha value is -1.39. The van der Waals surface area contributed by atoms with Crippen molar-refractivity contribution in [2.24, 2.45) is 5.73 Å². The van der Waals surface area contributed by atoms with Gasteiger partial charge in [0.25, 0.3) is 0 Å². The second-order valence-corrected chi connectivity index (χ2v) is 8.91. The first-order valence-corrected chi connectivity index (χ1v) is 9.51. The van der Waals surface area contributed by atoms with Crippen LogP contribution in [0.25, 0.3) is 0 Å². The van der Waals surface area contributed by atoms with E-state index in [1.807, 2.05) is 0 Å². The van der Waals surface area contributed by atoms with Crippen LogP contribution in [0.4, 0.5) is 0 Å². The van der Waals surface area contributed by atoms with Crippen LogP contribution in [0.3, 0.4) is 0 Å². The van der Waals surface area contributed by atoms with Crippen molar-refractivity contribution in [1.82, 2.24) is 5.32 Å². The van der Waals surface area contributed by atoms with Crippen LogP contribution in [0, 0.1) is 0 Å². The summed E-state index contributed by atoms with van der Waals surface area (Å²) in [7, 11) is 0. The van der Waals surface area contributed by atoms with Crippen molar-refractivity contribution in [2.75, 3.05) is 19.8 Å². The lowest BCUT2D eigenvalue weighted by molar-refractivity contribution is -0.130. The van der Waals surface area contributed by atoms with Crippen LogP contribution in [0.15, 0.2) is 24.3 Å². The van der Waals surface area contributed by atoms with Gasteiger partial charge in [-0.3, -0.25) is 4.79 Å². The highest BCUT2D eigenvalue weighted by atomic mass is 16.5. The number of hydrogen-bond donors (Lipinski definition) is 2. The molecule has 138 valence electrons. The lowest BCUT2D eigenvalue weighted by atomic mass is 9.64. The summed E-state index contributed by atoms with van der Waals surface area (Å²) in [6, 6.07) is 8.97. The van der Waals surface area contributed by atoms with E-state index in [-0.39, 0.29) is 16.7 Å². The zero-order valence-corrected chi connectivity index (χ0v) is 15.9. The zero-order chi connectivity index (χ0) is 18.1. The molecule has 0 unspecified atom stereocenters. The monoisotopic (exact) mass is 344 g/mol. The molecule has 0 spiro atoms. The molecule has 3 N–H and O–H groups in total. The molecule has 4 nitrogen and oxygen atoms in total. The lowest BCUT2D eigenvalue weighted by Gasteiger charge is -2.44. The lowest BCUT2D eigenvalue weighted by Crippen LogP contribution is -2.59. The maximum Gasteiger partial charge on any atom is 0.240 e. The molecule has 0 bridgehead atoms. The molecule has 1 saturated heterocycles. The van der Waals surface area contributed by atoms with Gasteiger partial charge in [0.05, 0.1) is 5.54 Å². The molecule has 1 saturated carbocycles. The van der Waals surface area contributed by atoms with Crippen molar-refractivity contribution < 1.29 is 9.53 Å². The third-order valence-corrected chi connectivity index (χ3v) is 6.10. The molecule has 1 heterocycles. The largest absolute Gasteiger partial charge is 0.381 e. The van der Waals surface area contributed by atoms with Gasteiger partial charge in [0, 0.05) is 25.2 Å². The van der Waals surface area contributed by atoms with Gasteiger partial charge >= 0.3 is 0 Å². The molecular weight excluding hydrogens is 312 g/mol. The molecular formula is C21H32N2O2. The van der Waals surface area contributed by atoms with Crippen LogP contribution >= 0.6 is 0 Å². The van der Waals surface area contributed by atoms with E-state index in [1.165, 1.54) is 17.5 Å². The average Bonchev–Trinajstić information content (AvgIpc) is 2.54. The van der Waals surface area contributed by atoms with Crippen LogP contribution in [0.2, 0.25) is 0 Å². The third kappa shape index (κ3) is 3.75. The predicted octanol–water partition coefficient (Wildman–Crippen LogP) is 3.03. The zero-order valence-electron chi connectivity index (χ0n) is 15.9. The summed E-state index contributed by atoms with van der Waals surface area (Å²) in [6.45, 7) is 8.52. The first-order valence-electron chi connectivity index (χ1n) is 9.51. The molecule has 4 heteroatoms. The van der Waals surface area contributed by atoms with Gasteiger partial charge in [-0.1, -0.05) is 51.5 Å². The van der Waals surface area contributed by atoms with Crippen molar-refractivity contribution in [3.63, 3.8) is 0 Å². The molecule has 2 aliphatic rings. The van der Waals surface area contributed by atoms with Gasteiger partial charge < -0.3 is 15.8 Å². The molecule has 1 aromatic rings. The standard InChI is InChI=1S/C21H32N2O2/c1-19(2,3)16-5-7-17(8-6-16)20(9-4-10-20)15-23-18(24)21(22)11-13-25-14-12-21/h5-8H,4,9-15,22H2,1-3H3,(H,23,24). The predicted molar refractivity (Wildman–Crippen MR) is 101 cm³/mol. The van der Waals surface area contributed by atoms with Crippen LogP contribution in [0.1, 0.15) is 64.0 Å². The molecule has 25 heavy (non-hydrogen) atoms. The molecule has 2 fully saturated rings. The van der Waals surface area contributed by atoms with Gasteiger partial charge in [-0.25, -0.2) is 0 Å². The maximum atomic E-state index is 12.6. The summed E-state index contributed by atoms with van der Waals surface area (Å²) in [5.41, 5.74) is 8.46. The van der Waals surface area contributed by atoms with E-state index < -0.39 is 5.54 Å². The number of benzene rings is 1. The Morgan fingerprint density at radius 3 is 2.20 bits per heavy atom. The Kier molecular flexibility index (Phi) is 4.95.